The minimum Gasteiger partial charge on any atom is -0.355 e. The maximum atomic E-state index is 12.9. The normalized spacial score (nSPS) is 13.5. The van der Waals surface area contributed by atoms with Gasteiger partial charge in [0.15, 0.2) is 0 Å². The van der Waals surface area contributed by atoms with Crippen molar-refractivity contribution in [3.63, 3.8) is 0 Å². The number of hydrogen-bond acceptors (Lipinski definition) is 3. The van der Waals surface area contributed by atoms with Crippen LogP contribution >= 0.6 is 0 Å². The highest BCUT2D eigenvalue weighted by Crippen LogP contribution is 2.23. The summed E-state index contributed by atoms with van der Waals surface area (Å²) in [5, 5.41) is 0. The Balaban J connectivity index is 1.51. The van der Waals surface area contributed by atoms with Crippen LogP contribution in [0.4, 0.5) is 5.82 Å². The monoisotopic (exact) mass is 371 g/mol. The van der Waals surface area contributed by atoms with Gasteiger partial charge in [0.25, 0.3) is 5.91 Å². The number of likely N-dealkylation sites (tertiary alicyclic amines) is 1. The van der Waals surface area contributed by atoms with Crippen molar-refractivity contribution >= 4 is 11.7 Å². The Morgan fingerprint density at radius 2 is 1.61 bits per heavy atom. The third-order valence-electron chi connectivity index (χ3n) is 5.25. The van der Waals surface area contributed by atoms with Crippen molar-refractivity contribution in [3.8, 4) is 11.1 Å². The number of rotatable bonds is 5. The molecule has 2 aromatic carbocycles. The molecule has 0 saturated carbocycles. The molecule has 1 amide bonds. The van der Waals surface area contributed by atoms with Crippen LogP contribution < -0.4 is 4.90 Å². The largest absolute Gasteiger partial charge is 0.355 e. The van der Waals surface area contributed by atoms with E-state index in [4.69, 9.17) is 0 Å². The minimum absolute atomic E-state index is 0.0897. The predicted molar refractivity (Wildman–Crippen MR) is 113 cm³/mol. The molecule has 0 unspecified atom stereocenters. The summed E-state index contributed by atoms with van der Waals surface area (Å²) in [5.41, 5.74) is 4.29. The van der Waals surface area contributed by atoms with E-state index in [2.05, 4.69) is 58.4 Å². The molecule has 3 aromatic rings. The highest BCUT2D eigenvalue weighted by atomic mass is 16.2. The molecule has 0 aliphatic carbocycles. The topological polar surface area (TPSA) is 36.4 Å². The third kappa shape index (κ3) is 3.91. The third-order valence-corrected chi connectivity index (χ3v) is 5.25. The van der Waals surface area contributed by atoms with Crippen LogP contribution in [0.3, 0.4) is 0 Å². The summed E-state index contributed by atoms with van der Waals surface area (Å²) in [7, 11) is 1.99. The van der Waals surface area contributed by atoms with Crippen molar-refractivity contribution in [2.24, 2.45) is 0 Å². The van der Waals surface area contributed by atoms with E-state index in [1.165, 1.54) is 16.7 Å². The smallest absolute Gasteiger partial charge is 0.257 e. The first-order chi connectivity index (χ1) is 13.7. The highest BCUT2D eigenvalue weighted by Gasteiger charge is 2.23. The fourth-order valence-corrected chi connectivity index (χ4v) is 3.74. The summed E-state index contributed by atoms with van der Waals surface area (Å²) < 4.78 is 0. The van der Waals surface area contributed by atoms with Crippen LogP contribution in [-0.4, -0.2) is 35.9 Å². The van der Waals surface area contributed by atoms with Gasteiger partial charge in [-0.3, -0.25) is 4.79 Å². The Labute approximate surface area is 166 Å². The molecule has 4 nitrogen and oxygen atoms in total. The van der Waals surface area contributed by atoms with Crippen molar-refractivity contribution in [2.75, 3.05) is 25.0 Å². The molecule has 1 saturated heterocycles. The number of carbonyl (C=O) groups is 1. The lowest BCUT2D eigenvalue weighted by atomic mass is 10.0. The van der Waals surface area contributed by atoms with Gasteiger partial charge in [-0.1, -0.05) is 54.6 Å². The molecule has 1 aromatic heterocycles. The van der Waals surface area contributed by atoms with Crippen LogP contribution in [0.25, 0.3) is 11.1 Å². The van der Waals surface area contributed by atoms with Crippen LogP contribution in [0.5, 0.6) is 0 Å². The van der Waals surface area contributed by atoms with Crippen molar-refractivity contribution in [2.45, 2.75) is 19.4 Å². The van der Waals surface area contributed by atoms with E-state index in [0.29, 0.717) is 12.1 Å². The number of hydrogen-bond donors (Lipinski definition) is 0. The Morgan fingerprint density at radius 1 is 0.929 bits per heavy atom. The molecule has 0 atom stereocenters. The SMILES string of the molecule is CN(Cc1ccc(-c2ccccc2)cc1)c1ncccc1C(=O)N1CCCC1. The Bertz CT molecular complexity index is 932. The maximum absolute atomic E-state index is 12.9. The highest BCUT2D eigenvalue weighted by molar-refractivity contribution is 5.99. The zero-order valence-electron chi connectivity index (χ0n) is 16.2. The number of aromatic nitrogens is 1. The van der Waals surface area contributed by atoms with Crippen LogP contribution in [0.15, 0.2) is 72.9 Å². The first-order valence-electron chi connectivity index (χ1n) is 9.82. The quantitative estimate of drug-likeness (QED) is 0.657. The average Bonchev–Trinajstić information content (AvgIpc) is 3.29. The van der Waals surface area contributed by atoms with Gasteiger partial charge in [-0.2, -0.15) is 0 Å². The molecule has 1 aliphatic rings. The van der Waals surface area contributed by atoms with Crippen molar-refractivity contribution in [3.05, 3.63) is 84.1 Å². The van der Waals surface area contributed by atoms with Crippen LogP contribution in [0.2, 0.25) is 0 Å². The summed E-state index contributed by atoms with van der Waals surface area (Å²) >= 11 is 0. The molecule has 1 fully saturated rings. The number of anilines is 1. The molecule has 0 N–H and O–H groups in total. The second-order valence-corrected chi connectivity index (χ2v) is 7.29. The second-order valence-electron chi connectivity index (χ2n) is 7.29. The van der Waals surface area contributed by atoms with Gasteiger partial charge in [0.05, 0.1) is 5.56 Å². The predicted octanol–water partition coefficient (Wildman–Crippen LogP) is 4.62. The van der Waals surface area contributed by atoms with E-state index in [9.17, 15) is 4.79 Å². The summed E-state index contributed by atoms with van der Waals surface area (Å²) in [5.74, 6) is 0.832. The number of pyridine rings is 1. The molecule has 2 heterocycles. The lowest BCUT2D eigenvalue weighted by Gasteiger charge is -2.23. The maximum Gasteiger partial charge on any atom is 0.257 e. The van der Waals surface area contributed by atoms with Crippen LogP contribution in [0.1, 0.15) is 28.8 Å². The summed E-state index contributed by atoms with van der Waals surface area (Å²) in [6.45, 7) is 2.39. The summed E-state index contributed by atoms with van der Waals surface area (Å²) in [6, 6.07) is 22.7. The average molecular weight is 371 g/mol. The van der Waals surface area contributed by atoms with Crippen molar-refractivity contribution in [1.82, 2.24) is 9.88 Å². The van der Waals surface area contributed by atoms with E-state index >= 15 is 0 Å². The first kappa shape index (κ1) is 18.2. The standard InChI is InChI=1S/C24H25N3O/c1-26(18-19-11-13-21(14-12-19)20-8-3-2-4-9-20)23-22(10-7-15-25-23)24(28)27-16-5-6-17-27/h2-4,7-15H,5-6,16-18H2,1H3. The zero-order chi connectivity index (χ0) is 19.3. The molecule has 4 heteroatoms. The van der Waals surface area contributed by atoms with Gasteiger partial charge in [0, 0.05) is 32.9 Å². The van der Waals surface area contributed by atoms with E-state index < -0.39 is 0 Å². The first-order valence-corrected chi connectivity index (χ1v) is 9.82. The summed E-state index contributed by atoms with van der Waals surface area (Å²) in [4.78, 5) is 21.4. The van der Waals surface area contributed by atoms with E-state index in [0.717, 1.165) is 31.7 Å². The van der Waals surface area contributed by atoms with Gasteiger partial charge in [0.1, 0.15) is 5.82 Å². The second kappa shape index (κ2) is 8.26. The molecular weight excluding hydrogens is 346 g/mol. The fourth-order valence-electron chi connectivity index (χ4n) is 3.74. The molecule has 1 aliphatic heterocycles. The Hall–Kier alpha value is -3.14. The lowest BCUT2D eigenvalue weighted by molar-refractivity contribution is 0.0793. The van der Waals surface area contributed by atoms with Gasteiger partial charge >= 0.3 is 0 Å². The van der Waals surface area contributed by atoms with Gasteiger partial charge in [-0.05, 0) is 41.7 Å². The number of benzene rings is 2. The molecule has 28 heavy (non-hydrogen) atoms. The molecule has 0 spiro atoms. The summed E-state index contributed by atoms with van der Waals surface area (Å²) in [6.07, 6.45) is 3.93. The lowest BCUT2D eigenvalue weighted by Crippen LogP contribution is -2.30. The molecule has 142 valence electrons. The van der Waals surface area contributed by atoms with E-state index in [1.807, 2.05) is 30.1 Å². The number of nitrogens with zero attached hydrogens (tertiary/aromatic N) is 3. The molecule has 4 rings (SSSR count). The van der Waals surface area contributed by atoms with E-state index in [1.54, 1.807) is 6.20 Å². The van der Waals surface area contributed by atoms with Gasteiger partial charge in [-0.25, -0.2) is 4.98 Å². The zero-order valence-corrected chi connectivity index (χ0v) is 16.2. The molecule has 0 bridgehead atoms. The number of amides is 1. The van der Waals surface area contributed by atoms with Crippen molar-refractivity contribution in [1.29, 1.82) is 0 Å². The fraction of sp³-hybridized carbons (Fsp3) is 0.250. The van der Waals surface area contributed by atoms with Gasteiger partial charge in [-0.15, -0.1) is 0 Å². The number of carbonyl (C=O) groups excluding carboxylic acids is 1. The van der Waals surface area contributed by atoms with Crippen molar-refractivity contribution < 1.29 is 4.79 Å². The molecule has 0 radical (unpaired) electrons. The molecular formula is C24H25N3O. The van der Waals surface area contributed by atoms with Crippen LogP contribution in [-0.2, 0) is 6.54 Å². The van der Waals surface area contributed by atoms with Gasteiger partial charge in [0.2, 0.25) is 0 Å². The van der Waals surface area contributed by atoms with Crippen LogP contribution in [0, 0.1) is 0 Å². The van der Waals surface area contributed by atoms with E-state index in [-0.39, 0.29) is 5.91 Å². The Kier molecular flexibility index (Phi) is 5.38. The minimum atomic E-state index is 0.0897. The Morgan fingerprint density at radius 3 is 2.32 bits per heavy atom. The van der Waals surface area contributed by atoms with Gasteiger partial charge < -0.3 is 9.80 Å².